The third kappa shape index (κ3) is 3.29. The highest BCUT2D eigenvalue weighted by Crippen LogP contribution is 2.13. The second-order valence-corrected chi connectivity index (χ2v) is 4.22. The average molecular weight is 197 g/mol. The van der Waals surface area contributed by atoms with Gasteiger partial charge < -0.3 is 0 Å². The lowest BCUT2D eigenvalue weighted by Crippen LogP contribution is -2.49. The molecule has 3 nitrogen and oxygen atoms in total. The van der Waals surface area contributed by atoms with E-state index in [-0.39, 0.29) is 5.91 Å². The molecule has 14 heavy (non-hydrogen) atoms. The molecule has 0 bridgehead atoms. The van der Waals surface area contributed by atoms with Crippen molar-refractivity contribution in [2.75, 3.05) is 19.6 Å². The molecule has 0 N–H and O–H groups in total. The van der Waals surface area contributed by atoms with Gasteiger partial charge in [-0.1, -0.05) is 13.3 Å². The standard InChI is InChI=1S/C11H21N2O/c1-10(2)9-13(11(3)14)12-7-5-4-6-8-12/h10H,1,4-9H2,2-3H3. The summed E-state index contributed by atoms with van der Waals surface area (Å²) in [5.41, 5.74) is 0. The maximum atomic E-state index is 11.4. The highest BCUT2D eigenvalue weighted by atomic mass is 16.2. The zero-order valence-electron chi connectivity index (χ0n) is 9.33. The quantitative estimate of drug-likeness (QED) is 0.687. The van der Waals surface area contributed by atoms with Gasteiger partial charge in [-0.2, -0.15) is 0 Å². The number of rotatable bonds is 3. The molecule has 0 aromatic rings. The van der Waals surface area contributed by atoms with Crippen LogP contribution in [0.1, 0.15) is 33.1 Å². The number of nitrogens with zero attached hydrogens (tertiary/aromatic N) is 2. The van der Waals surface area contributed by atoms with E-state index in [1.165, 1.54) is 19.3 Å². The molecular weight excluding hydrogens is 176 g/mol. The van der Waals surface area contributed by atoms with Gasteiger partial charge in [0.05, 0.1) is 0 Å². The van der Waals surface area contributed by atoms with E-state index in [0.29, 0.717) is 5.92 Å². The molecule has 1 heterocycles. The van der Waals surface area contributed by atoms with Gasteiger partial charge in [-0.15, -0.1) is 0 Å². The highest BCUT2D eigenvalue weighted by Gasteiger charge is 2.20. The predicted octanol–water partition coefficient (Wildman–Crippen LogP) is 1.71. The molecule has 1 unspecified atom stereocenters. The largest absolute Gasteiger partial charge is 0.275 e. The Hall–Kier alpha value is -0.570. The van der Waals surface area contributed by atoms with Crippen LogP contribution in [-0.2, 0) is 4.79 Å². The number of hydrogen-bond acceptors (Lipinski definition) is 2. The number of hydrogen-bond donors (Lipinski definition) is 0. The summed E-state index contributed by atoms with van der Waals surface area (Å²) >= 11 is 0. The third-order valence-corrected chi connectivity index (χ3v) is 2.52. The molecule has 0 aromatic heterocycles. The fraction of sp³-hybridized carbons (Fsp3) is 0.818. The van der Waals surface area contributed by atoms with Crippen LogP contribution in [0.5, 0.6) is 0 Å². The average Bonchev–Trinajstić information content (AvgIpc) is 2.15. The van der Waals surface area contributed by atoms with Gasteiger partial charge in [0, 0.05) is 26.6 Å². The maximum Gasteiger partial charge on any atom is 0.233 e. The zero-order chi connectivity index (χ0) is 10.6. The SMILES string of the molecule is [CH2]C(C)CN(C(C)=O)N1CCCCC1. The molecule has 0 aliphatic carbocycles. The van der Waals surface area contributed by atoms with Gasteiger partial charge in [-0.3, -0.25) is 9.80 Å². The Morgan fingerprint density at radius 1 is 1.43 bits per heavy atom. The molecule has 0 saturated carbocycles. The summed E-state index contributed by atoms with van der Waals surface area (Å²) in [4.78, 5) is 11.4. The Bertz CT molecular complexity index is 186. The Labute approximate surface area is 87.0 Å². The molecule has 1 aliphatic heterocycles. The van der Waals surface area contributed by atoms with Gasteiger partial charge >= 0.3 is 0 Å². The molecule has 3 heteroatoms. The molecule has 1 aliphatic rings. The van der Waals surface area contributed by atoms with Crippen LogP contribution >= 0.6 is 0 Å². The number of carbonyl (C=O) groups excluding carboxylic acids is 1. The molecule has 81 valence electrons. The monoisotopic (exact) mass is 197 g/mol. The number of carbonyl (C=O) groups is 1. The van der Waals surface area contributed by atoms with E-state index in [1.807, 2.05) is 11.9 Å². The molecule has 0 spiro atoms. The lowest BCUT2D eigenvalue weighted by Gasteiger charge is -2.37. The van der Waals surface area contributed by atoms with Gasteiger partial charge in [0.25, 0.3) is 0 Å². The lowest BCUT2D eigenvalue weighted by atomic mass is 10.1. The van der Waals surface area contributed by atoms with E-state index in [0.717, 1.165) is 19.6 Å². The van der Waals surface area contributed by atoms with E-state index in [4.69, 9.17) is 0 Å². The van der Waals surface area contributed by atoms with E-state index in [1.54, 1.807) is 6.92 Å². The Kier molecular flexibility index (Phi) is 4.39. The number of hydrazine groups is 1. The van der Waals surface area contributed by atoms with Crippen LogP contribution in [0.2, 0.25) is 0 Å². The van der Waals surface area contributed by atoms with Crippen molar-refractivity contribution in [3.05, 3.63) is 6.92 Å². The summed E-state index contributed by atoms with van der Waals surface area (Å²) < 4.78 is 0. The van der Waals surface area contributed by atoms with Crippen molar-refractivity contribution < 1.29 is 4.79 Å². The van der Waals surface area contributed by atoms with Crippen molar-refractivity contribution in [1.82, 2.24) is 10.0 Å². The van der Waals surface area contributed by atoms with Crippen molar-refractivity contribution in [2.24, 2.45) is 5.92 Å². The van der Waals surface area contributed by atoms with Crippen LogP contribution in [0.4, 0.5) is 0 Å². The van der Waals surface area contributed by atoms with Crippen LogP contribution in [0.25, 0.3) is 0 Å². The minimum Gasteiger partial charge on any atom is -0.275 e. The van der Waals surface area contributed by atoms with Crippen molar-refractivity contribution in [3.63, 3.8) is 0 Å². The van der Waals surface area contributed by atoms with Crippen molar-refractivity contribution in [3.8, 4) is 0 Å². The van der Waals surface area contributed by atoms with Gasteiger partial charge in [0.2, 0.25) is 5.91 Å². The fourth-order valence-electron chi connectivity index (χ4n) is 1.86. The van der Waals surface area contributed by atoms with E-state index in [2.05, 4.69) is 11.9 Å². The van der Waals surface area contributed by atoms with Crippen molar-refractivity contribution >= 4 is 5.91 Å². The Morgan fingerprint density at radius 3 is 2.43 bits per heavy atom. The fourth-order valence-corrected chi connectivity index (χ4v) is 1.86. The maximum absolute atomic E-state index is 11.4. The molecule has 1 atom stereocenters. The van der Waals surface area contributed by atoms with Crippen LogP contribution < -0.4 is 0 Å². The second kappa shape index (κ2) is 5.35. The first-order valence-electron chi connectivity index (χ1n) is 5.47. The summed E-state index contributed by atoms with van der Waals surface area (Å²) in [7, 11) is 0. The summed E-state index contributed by atoms with van der Waals surface area (Å²) in [5.74, 6) is 0.434. The van der Waals surface area contributed by atoms with Gasteiger partial charge in [0.1, 0.15) is 0 Å². The predicted molar refractivity (Wildman–Crippen MR) is 57.3 cm³/mol. The number of piperidine rings is 1. The molecule has 0 aromatic carbocycles. The number of amides is 1. The summed E-state index contributed by atoms with van der Waals surface area (Å²) in [5, 5.41) is 4.03. The van der Waals surface area contributed by atoms with Crippen LogP contribution in [0.15, 0.2) is 0 Å². The highest BCUT2D eigenvalue weighted by molar-refractivity contribution is 5.72. The molecule has 1 rings (SSSR count). The summed E-state index contributed by atoms with van der Waals surface area (Å²) in [6.07, 6.45) is 3.70. The second-order valence-electron chi connectivity index (χ2n) is 4.22. The van der Waals surface area contributed by atoms with Crippen LogP contribution in [0, 0.1) is 12.8 Å². The molecule has 1 radical (unpaired) electrons. The van der Waals surface area contributed by atoms with Gasteiger partial charge in [-0.05, 0) is 25.7 Å². The van der Waals surface area contributed by atoms with Crippen LogP contribution in [-0.4, -0.2) is 35.6 Å². The third-order valence-electron chi connectivity index (χ3n) is 2.52. The van der Waals surface area contributed by atoms with E-state index >= 15 is 0 Å². The topological polar surface area (TPSA) is 23.6 Å². The normalized spacial score (nSPS) is 18.6. The van der Waals surface area contributed by atoms with E-state index < -0.39 is 0 Å². The first-order valence-corrected chi connectivity index (χ1v) is 5.47. The first kappa shape index (κ1) is 11.5. The summed E-state index contributed by atoms with van der Waals surface area (Å²) in [6, 6.07) is 0. The minimum atomic E-state index is 0.141. The molecule has 1 fully saturated rings. The Balaban J connectivity index is 2.51. The first-order chi connectivity index (χ1) is 6.61. The van der Waals surface area contributed by atoms with Crippen molar-refractivity contribution in [2.45, 2.75) is 33.1 Å². The minimum absolute atomic E-state index is 0.141. The summed E-state index contributed by atoms with van der Waals surface area (Å²) in [6.45, 7) is 10.4. The van der Waals surface area contributed by atoms with E-state index in [9.17, 15) is 4.79 Å². The van der Waals surface area contributed by atoms with Crippen LogP contribution in [0.3, 0.4) is 0 Å². The molecule has 1 amide bonds. The smallest absolute Gasteiger partial charge is 0.233 e. The zero-order valence-corrected chi connectivity index (χ0v) is 9.33. The van der Waals surface area contributed by atoms with Gasteiger partial charge in [0.15, 0.2) is 0 Å². The van der Waals surface area contributed by atoms with Gasteiger partial charge in [-0.25, -0.2) is 5.01 Å². The molecule has 1 saturated heterocycles. The van der Waals surface area contributed by atoms with Crippen molar-refractivity contribution in [1.29, 1.82) is 0 Å². The molecular formula is C11H21N2O. The Morgan fingerprint density at radius 2 is 2.00 bits per heavy atom. The lowest BCUT2D eigenvalue weighted by molar-refractivity contribution is -0.149.